The summed E-state index contributed by atoms with van der Waals surface area (Å²) in [5.41, 5.74) is 2.15. The fourth-order valence-electron chi connectivity index (χ4n) is 5.74. The maximum Gasteiger partial charge on any atom is 0.308 e. The van der Waals surface area contributed by atoms with Gasteiger partial charge in [0, 0.05) is 36.8 Å². The predicted molar refractivity (Wildman–Crippen MR) is 110 cm³/mol. The highest BCUT2D eigenvalue weighted by molar-refractivity contribution is 5.75. The van der Waals surface area contributed by atoms with Crippen LogP contribution in [0, 0.1) is 5.92 Å². The van der Waals surface area contributed by atoms with Gasteiger partial charge in [-0.25, -0.2) is 0 Å². The van der Waals surface area contributed by atoms with E-state index in [-0.39, 0.29) is 52.2 Å². The molecule has 0 amide bonds. The Bertz CT molecular complexity index is 886. The molecule has 2 heterocycles. The summed E-state index contributed by atoms with van der Waals surface area (Å²) in [5.74, 6) is 0.712. The molecule has 0 radical (unpaired) electrons. The van der Waals surface area contributed by atoms with Crippen molar-refractivity contribution in [3.05, 3.63) is 35.4 Å². The first-order chi connectivity index (χ1) is 12.9. The van der Waals surface area contributed by atoms with Crippen LogP contribution < -0.4 is 9.47 Å². The molecule has 8 heteroatoms. The lowest BCUT2D eigenvalue weighted by atomic mass is 9.53. The van der Waals surface area contributed by atoms with Crippen molar-refractivity contribution in [1.29, 1.82) is 0 Å². The summed E-state index contributed by atoms with van der Waals surface area (Å²) in [6.45, 7) is 3.77. The first-order valence-corrected chi connectivity index (χ1v) is 9.49. The second-order valence-electron chi connectivity index (χ2n) is 8.09. The Morgan fingerprint density at radius 2 is 1.97 bits per heavy atom. The molecule has 5 atom stereocenters. The fourth-order valence-corrected chi connectivity index (χ4v) is 5.74. The van der Waals surface area contributed by atoms with Crippen molar-refractivity contribution in [3.8, 4) is 11.5 Å². The molecule has 0 unspecified atom stereocenters. The smallest absolute Gasteiger partial charge is 0.308 e. The standard InChI is InChI=1S/C21H23NO5.Al.H2O.3H/c1-11(23)25-16-6-4-13-10-15-14-5-7-17(26-12(2)24)20-21(14,8-9-22(15)3)18(13)19(16)27-20;;;;;/h4-7,14-15,17,20H,8-10H2,1-3H3;;1H2;;;/t14-,15+,17-,20-,21-;;;;;/m0...../s1. The van der Waals surface area contributed by atoms with Crippen LogP contribution >= 0.6 is 0 Å². The van der Waals surface area contributed by atoms with Crippen LogP contribution in [-0.4, -0.2) is 71.5 Å². The summed E-state index contributed by atoms with van der Waals surface area (Å²) < 4.78 is 17.5. The van der Waals surface area contributed by atoms with E-state index in [9.17, 15) is 9.59 Å². The van der Waals surface area contributed by atoms with E-state index in [4.69, 9.17) is 14.2 Å². The number of esters is 2. The molecule has 156 valence electrons. The molecule has 7 nitrogen and oxygen atoms in total. The van der Waals surface area contributed by atoms with Crippen LogP contribution in [-0.2, 0) is 26.2 Å². The van der Waals surface area contributed by atoms with Gasteiger partial charge in [0.05, 0.1) is 0 Å². The molecule has 0 aromatic heterocycles. The minimum absolute atomic E-state index is 0. The van der Waals surface area contributed by atoms with Crippen molar-refractivity contribution in [2.24, 2.45) is 5.92 Å². The summed E-state index contributed by atoms with van der Waals surface area (Å²) in [6, 6.07) is 4.28. The Labute approximate surface area is 180 Å². The van der Waals surface area contributed by atoms with Crippen LogP contribution in [0.5, 0.6) is 11.5 Å². The average molecular weight is 417 g/mol. The van der Waals surface area contributed by atoms with Crippen molar-refractivity contribution in [1.82, 2.24) is 4.90 Å². The predicted octanol–water partition coefficient (Wildman–Crippen LogP) is -0.0200. The van der Waals surface area contributed by atoms with Crippen molar-refractivity contribution in [2.75, 3.05) is 13.6 Å². The van der Waals surface area contributed by atoms with Crippen LogP contribution in [0.3, 0.4) is 0 Å². The molecule has 1 spiro atoms. The van der Waals surface area contributed by atoms with E-state index in [0.29, 0.717) is 17.5 Å². The number of piperidine rings is 1. The first kappa shape index (κ1) is 21.9. The Balaban J connectivity index is 0.00000120. The Hall–Kier alpha value is -1.85. The lowest BCUT2D eigenvalue weighted by Gasteiger charge is -2.56. The second kappa shape index (κ2) is 7.44. The van der Waals surface area contributed by atoms with E-state index in [0.717, 1.165) is 24.9 Å². The van der Waals surface area contributed by atoms with E-state index < -0.39 is 6.10 Å². The maximum atomic E-state index is 11.7. The molecule has 2 bridgehead atoms. The highest BCUT2D eigenvalue weighted by Gasteiger charge is 2.65. The SMILES string of the molecule is CC(=O)Oc1ccc2c3c1O[C@H]1[C@@H](OC(C)=O)C=C[C@H]4[C@@H](C2)N(C)CC[C@@]341.O.[AlH3]. The molecule has 5 rings (SSSR count). The molecular formula is C21H28AlNO6. The molecule has 1 fully saturated rings. The van der Waals surface area contributed by atoms with Gasteiger partial charge in [-0.2, -0.15) is 0 Å². The second-order valence-corrected chi connectivity index (χ2v) is 8.09. The summed E-state index contributed by atoms with van der Waals surface area (Å²) in [7, 11) is 2.17. The van der Waals surface area contributed by atoms with E-state index in [1.165, 1.54) is 19.4 Å². The van der Waals surface area contributed by atoms with E-state index >= 15 is 0 Å². The van der Waals surface area contributed by atoms with Gasteiger partial charge in [-0.05, 0) is 44.1 Å². The van der Waals surface area contributed by atoms with Gasteiger partial charge in [-0.15, -0.1) is 0 Å². The lowest BCUT2D eigenvalue weighted by Crippen LogP contribution is -2.65. The van der Waals surface area contributed by atoms with Gasteiger partial charge in [0.15, 0.2) is 35.0 Å². The Morgan fingerprint density at radius 1 is 1.21 bits per heavy atom. The number of likely N-dealkylation sites (N-methyl/N-ethyl adjacent to an activating group) is 1. The molecule has 1 saturated heterocycles. The monoisotopic (exact) mass is 417 g/mol. The van der Waals surface area contributed by atoms with E-state index in [1.54, 1.807) is 0 Å². The van der Waals surface area contributed by atoms with Crippen molar-refractivity contribution in [2.45, 2.75) is 50.4 Å². The van der Waals surface area contributed by atoms with Crippen LogP contribution in [0.4, 0.5) is 0 Å². The normalized spacial score (nSPS) is 32.8. The molecule has 2 N–H and O–H groups in total. The van der Waals surface area contributed by atoms with Crippen molar-refractivity contribution >= 4 is 29.3 Å². The zero-order valence-electron chi connectivity index (χ0n) is 16.2. The Morgan fingerprint density at radius 3 is 2.66 bits per heavy atom. The number of nitrogens with zero attached hydrogens (tertiary/aromatic N) is 1. The summed E-state index contributed by atoms with van der Waals surface area (Å²) in [6.07, 6.45) is 5.31. The molecule has 1 aromatic rings. The molecule has 1 aromatic carbocycles. The zero-order valence-corrected chi connectivity index (χ0v) is 16.2. The topological polar surface area (TPSA) is 96.6 Å². The van der Waals surface area contributed by atoms with Crippen LogP contribution in [0.1, 0.15) is 31.4 Å². The number of benzene rings is 1. The minimum Gasteiger partial charge on any atom is -0.481 e. The highest BCUT2D eigenvalue weighted by atomic mass is 27.0. The molecule has 4 aliphatic rings. The van der Waals surface area contributed by atoms with E-state index in [2.05, 4.69) is 24.1 Å². The number of rotatable bonds is 2. The number of ether oxygens (including phenoxy) is 3. The maximum absolute atomic E-state index is 11.7. The molecular weight excluding hydrogens is 389 g/mol. The van der Waals surface area contributed by atoms with Gasteiger partial charge >= 0.3 is 11.9 Å². The van der Waals surface area contributed by atoms with Gasteiger partial charge in [0.2, 0.25) is 0 Å². The third-order valence-corrected chi connectivity index (χ3v) is 6.67. The quantitative estimate of drug-likeness (QED) is 0.290. The van der Waals surface area contributed by atoms with Gasteiger partial charge in [0.1, 0.15) is 6.10 Å². The van der Waals surface area contributed by atoms with Gasteiger partial charge in [0.25, 0.3) is 0 Å². The number of hydrogen-bond donors (Lipinski definition) is 0. The van der Waals surface area contributed by atoms with Gasteiger partial charge in [-0.1, -0.05) is 12.1 Å². The van der Waals surface area contributed by atoms with Crippen LogP contribution in [0.2, 0.25) is 0 Å². The zero-order chi connectivity index (χ0) is 18.9. The Kier molecular flexibility index (Phi) is 5.61. The van der Waals surface area contributed by atoms with E-state index in [1.807, 2.05) is 12.1 Å². The third kappa shape index (κ3) is 2.93. The molecule has 2 aliphatic carbocycles. The minimum atomic E-state index is -0.439. The summed E-state index contributed by atoms with van der Waals surface area (Å²) in [5, 5.41) is 0. The number of hydrogen-bond acceptors (Lipinski definition) is 6. The molecule has 0 saturated carbocycles. The van der Waals surface area contributed by atoms with Crippen molar-refractivity contribution < 1.29 is 29.3 Å². The number of likely N-dealkylation sites (tertiary alicyclic amines) is 1. The fraction of sp³-hybridized carbons (Fsp3) is 0.524. The average Bonchev–Trinajstić information content (AvgIpc) is 2.95. The number of carbonyl (C=O) groups excluding carboxylic acids is 2. The van der Waals surface area contributed by atoms with Crippen LogP contribution in [0.15, 0.2) is 24.3 Å². The largest absolute Gasteiger partial charge is 0.481 e. The molecule has 29 heavy (non-hydrogen) atoms. The molecule has 2 aliphatic heterocycles. The number of carbonyl (C=O) groups is 2. The first-order valence-electron chi connectivity index (χ1n) is 9.49. The summed E-state index contributed by atoms with van der Waals surface area (Å²) >= 11 is 0. The summed E-state index contributed by atoms with van der Waals surface area (Å²) in [4.78, 5) is 25.7. The highest BCUT2D eigenvalue weighted by Crippen LogP contribution is 2.62. The van der Waals surface area contributed by atoms with Crippen LogP contribution in [0.25, 0.3) is 0 Å². The third-order valence-electron chi connectivity index (χ3n) is 6.67. The lowest BCUT2D eigenvalue weighted by molar-refractivity contribution is -0.152. The van der Waals surface area contributed by atoms with Gasteiger partial charge < -0.3 is 24.6 Å². The van der Waals surface area contributed by atoms with Gasteiger partial charge in [-0.3, -0.25) is 9.59 Å². The van der Waals surface area contributed by atoms with Crippen molar-refractivity contribution in [3.63, 3.8) is 0 Å².